The van der Waals surface area contributed by atoms with Crippen molar-refractivity contribution in [3.63, 3.8) is 0 Å². The van der Waals surface area contributed by atoms with Gasteiger partial charge >= 0.3 is 5.97 Å². The summed E-state index contributed by atoms with van der Waals surface area (Å²) in [6.07, 6.45) is 2.82. The zero-order chi connectivity index (χ0) is 19.4. The largest absolute Gasteiger partial charge is 0.422 e. The van der Waals surface area contributed by atoms with E-state index in [1.165, 1.54) is 6.92 Å². The van der Waals surface area contributed by atoms with E-state index in [1.54, 1.807) is 30.3 Å². The molecule has 0 aliphatic rings. The van der Waals surface area contributed by atoms with Crippen LogP contribution in [-0.2, 0) is 11.2 Å². The van der Waals surface area contributed by atoms with Gasteiger partial charge in [-0.05, 0) is 62.5 Å². The van der Waals surface area contributed by atoms with Crippen LogP contribution in [0.25, 0.3) is 10.9 Å². The summed E-state index contributed by atoms with van der Waals surface area (Å²) in [5.41, 5.74) is 3.11. The van der Waals surface area contributed by atoms with E-state index in [2.05, 4.69) is 15.2 Å². The number of anilines is 1. The maximum absolute atomic E-state index is 12.6. The topological polar surface area (TPSA) is 74.4 Å². The molecule has 6 heteroatoms. The van der Waals surface area contributed by atoms with Crippen molar-refractivity contribution < 1.29 is 14.3 Å². The average Bonchev–Trinajstić information content (AvgIpc) is 3.04. The third-order valence-corrected chi connectivity index (χ3v) is 4.22. The van der Waals surface area contributed by atoms with Crippen molar-refractivity contribution in [2.24, 2.45) is 0 Å². The quantitative estimate of drug-likeness (QED) is 0.518. The molecule has 0 unspecified atom stereocenters. The predicted octanol–water partition coefficient (Wildman–Crippen LogP) is 3.45. The maximum atomic E-state index is 12.6. The van der Waals surface area contributed by atoms with Crippen LogP contribution in [0.2, 0.25) is 0 Å². The fourth-order valence-electron chi connectivity index (χ4n) is 2.90. The molecule has 3 rings (SSSR count). The van der Waals surface area contributed by atoms with Crippen molar-refractivity contribution in [2.45, 2.75) is 13.3 Å². The van der Waals surface area contributed by atoms with Crippen LogP contribution in [0.4, 0.5) is 5.69 Å². The number of esters is 1. The molecular weight excluding hydrogens is 342 g/mol. The predicted molar refractivity (Wildman–Crippen MR) is 106 cm³/mol. The molecule has 2 aromatic carbocycles. The van der Waals surface area contributed by atoms with Crippen LogP contribution < -0.4 is 10.1 Å². The SMILES string of the molecule is CC(=O)Nc1ccc(C(=O)Oc2cccc3[nH]cc(CCN(C)C)c23)cc1. The van der Waals surface area contributed by atoms with Crippen molar-refractivity contribution in [1.82, 2.24) is 9.88 Å². The average molecular weight is 365 g/mol. The fourth-order valence-corrected chi connectivity index (χ4v) is 2.90. The Morgan fingerprint density at radius 2 is 1.85 bits per heavy atom. The molecule has 27 heavy (non-hydrogen) atoms. The number of benzene rings is 2. The molecule has 0 aliphatic carbocycles. The first-order valence-electron chi connectivity index (χ1n) is 8.77. The second-order valence-corrected chi connectivity index (χ2v) is 6.69. The number of H-pyrrole nitrogens is 1. The van der Waals surface area contributed by atoms with Gasteiger partial charge in [0.05, 0.1) is 5.56 Å². The van der Waals surface area contributed by atoms with Gasteiger partial charge in [-0.25, -0.2) is 4.79 Å². The number of hydrogen-bond acceptors (Lipinski definition) is 4. The fraction of sp³-hybridized carbons (Fsp3) is 0.238. The van der Waals surface area contributed by atoms with Gasteiger partial charge in [-0.3, -0.25) is 4.79 Å². The Morgan fingerprint density at radius 1 is 1.11 bits per heavy atom. The van der Waals surface area contributed by atoms with Gasteiger partial charge in [0, 0.05) is 36.3 Å². The third kappa shape index (κ3) is 4.54. The van der Waals surface area contributed by atoms with Crippen LogP contribution in [0.15, 0.2) is 48.7 Å². The second kappa shape index (κ2) is 8.05. The molecule has 6 nitrogen and oxygen atoms in total. The van der Waals surface area contributed by atoms with Gasteiger partial charge in [0.25, 0.3) is 0 Å². The van der Waals surface area contributed by atoms with E-state index in [1.807, 2.05) is 32.4 Å². The maximum Gasteiger partial charge on any atom is 0.343 e. The van der Waals surface area contributed by atoms with Crippen LogP contribution in [0, 0.1) is 0 Å². The minimum absolute atomic E-state index is 0.158. The van der Waals surface area contributed by atoms with Gasteiger partial charge in [-0.1, -0.05) is 6.07 Å². The first-order chi connectivity index (χ1) is 12.9. The van der Waals surface area contributed by atoms with Crippen molar-refractivity contribution >= 4 is 28.5 Å². The number of hydrogen-bond donors (Lipinski definition) is 2. The summed E-state index contributed by atoms with van der Waals surface area (Å²) in [7, 11) is 4.06. The highest BCUT2D eigenvalue weighted by Gasteiger charge is 2.14. The summed E-state index contributed by atoms with van der Waals surface area (Å²) in [6, 6.07) is 12.3. The molecule has 0 saturated carbocycles. The standard InChI is InChI=1S/C21H23N3O3/c1-14(25)23-17-9-7-15(8-10-17)21(26)27-19-6-4-5-18-20(19)16(13-22-18)11-12-24(2)3/h4-10,13,22H,11-12H2,1-3H3,(H,23,25). The monoisotopic (exact) mass is 365 g/mol. The molecule has 1 aromatic heterocycles. The Hall–Kier alpha value is -3.12. The normalized spacial score (nSPS) is 11.0. The lowest BCUT2D eigenvalue weighted by atomic mass is 10.1. The van der Waals surface area contributed by atoms with Crippen molar-refractivity contribution in [3.8, 4) is 5.75 Å². The minimum atomic E-state index is -0.434. The van der Waals surface area contributed by atoms with E-state index >= 15 is 0 Å². The van der Waals surface area contributed by atoms with Crippen molar-refractivity contribution in [3.05, 3.63) is 59.8 Å². The molecule has 0 radical (unpaired) electrons. The summed E-state index contributed by atoms with van der Waals surface area (Å²) in [5, 5.41) is 3.61. The highest BCUT2D eigenvalue weighted by atomic mass is 16.5. The van der Waals surface area contributed by atoms with Gasteiger partial charge in [0.1, 0.15) is 5.75 Å². The third-order valence-electron chi connectivity index (χ3n) is 4.22. The van der Waals surface area contributed by atoms with E-state index in [4.69, 9.17) is 4.74 Å². The van der Waals surface area contributed by atoms with Crippen LogP contribution >= 0.6 is 0 Å². The van der Waals surface area contributed by atoms with E-state index in [-0.39, 0.29) is 5.91 Å². The van der Waals surface area contributed by atoms with Gasteiger partial charge < -0.3 is 19.9 Å². The van der Waals surface area contributed by atoms with Gasteiger partial charge in [-0.15, -0.1) is 0 Å². The van der Waals surface area contributed by atoms with Gasteiger partial charge in [0.15, 0.2) is 0 Å². The number of rotatable bonds is 6. The zero-order valence-electron chi connectivity index (χ0n) is 15.7. The first kappa shape index (κ1) is 18.7. The van der Waals surface area contributed by atoms with E-state index in [0.717, 1.165) is 29.4 Å². The van der Waals surface area contributed by atoms with Gasteiger partial charge in [-0.2, -0.15) is 0 Å². The van der Waals surface area contributed by atoms with Crippen LogP contribution in [0.1, 0.15) is 22.8 Å². The second-order valence-electron chi connectivity index (χ2n) is 6.69. The Labute approximate surface area is 158 Å². The summed E-state index contributed by atoms with van der Waals surface area (Å²) < 4.78 is 5.68. The molecular formula is C21H23N3O3. The highest BCUT2D eigenvalue weighted by molar-refractivity contribution is 5.96. The van der Waals surface area contributed by atoms with Crippen molar-refractivity contribution in [2.75, 3.05) is 26.0 Å². The molecule has 0 bridgehead atoms. The minimum Gasteiger partial charge on any atom is -0.422 e. The lowest BCUT2D eigenvalue weighted by Crippen LogP contribution is -2.15. The molecule has 1 amide bonds. The number of carbonyl (C=O) groups is 2. The van der Waals surface area contributed by atoms with E-state index in [9.17, 15) is 9.59 Å². The summed E-state index contributed by atoms with van der Waals surface area (Å²) in [6.45, 7) is 2.34. The number of likely N-dealkylation sites (N-methyl/N-ethyl adjacent to an activating group) is 1. The molecule has 3 aromatic rings. The van der Waals surface area contributed by atoms with Crippen molar-refractivity contribution in [1.29, 1.82) is 0 Å². The summed E-state index contributed by atoms with van der Waals surface area (Å²) >= 11 is 0. The molecule has 0 spiro atoms. The number of ether oxygens (including phenoxy) is 1. The number of aromatic amines is 1. The van der Waals surface area contributed by atoms with Gasteiger partial charge in [0.2, 0.25) is 5.91 Å². The number of fused-ring (bicyclic) bond motifs is 1. The van der Waals surface area contributed by atoms with E-state index < -0.39 is 5.97 Å². The zero-order valence-corrected chi connectivity index (χ0v) is 15.7. The molecule has 0 fully saturated rings. The summed E-state index contributed by atoms with van der Waals surface area (Å²) in [5.74, 6) is -0.0511. The first-order valence-corrected chi connectivity index (χ1v) is 8.77. The molecule has 140 valence electrons. The van der Waals surface area contributed by atoms with Crippen LogP contribution in [0.3, 0.4) is 0 Å². The Bertz CT molecular complexity index is 958. The number of carbonyl (C=O) groups excluding carboxylic acids is 2. The number of nitrogens with zero attached hydrogens (tertiary/aromatic N) is 1. The Morgan fingerprint density at radius 3 is 2.52 bits per heavy atom. The lowest BCUT2D eigenvalue weighted by molar-refractivity contribution is -0.114. The lowest BCUT2D eigenvalue weighted by Gasteiger charge is -2.10. The smallest absolute Gasteiger partial charge is 0.343 e. The Kier molecular flexibility index (Phi) is 5.57. The molecule has 2 N–H and O–H groups in total. The van der Waals surface area contributed by atoms with Crippen LogP contribution in [0.5, 0.6) is 5.75 Å². The number of aromatic nitrogens is 1. The molecule has 1 heterocycles. The number of nitrogens with one attached hydrogen (secondary N) is 2. The van der Waals surface area contributed by atoms with E-state index in [0.29, 0.717) is 17.0 Å². The van der Waals surface area contributed by atoms with Crippen LogP contribution in [-0.4, -0.2) is 42.4 Å². The molecule has 0 aliphatic heterocycles. The Balaban J connectivity index is 1.82. The molecule has 0 atom stereocenters. The highest BCUT2D eigenvalue weighted by Crippen LogP contribution is 2.30. The molecule has 0 saturated heterocycles. The number of amides is 1. The summed E-state index contributed by atoms with van der Waals surface area (Å²) in [4.78, 5) is 29.0.